The molecule has 1 aliphatic carbocycles. The first-order chi connectivity index (χ1) is 9.02. The summed E-state index contributed by atoms with van der Waals surface area (Å²) in [5.74, 6) is -1.26. The minimum absolute atomic E-state index is 0.160. The van der Waals surface area contributed by atoms with Crippen LogP contribution in [0.1, 0.15) is 31.4 Å². The number of pyridine rings is 1. The fourth-order valence-electron chi connectivity index (χ4n) is 2.37. The molecule has 2 rings (SSSR count). The van der Waals surface area contributed by atoms with E-state index in [-0.39, 0.29) is 11.2 Å². The van der Waals surface area contributed by atoms with Gasteiger partial charge < -0.3 is 5.11 Å². The zero-order valence-electron chi connectivity index (χ0n) is 10.3. The highest BCUT2D eigenvalue weighted by Gasteiger charge is 2.41. The number of nitrogens with zero attached hydrogens (tertiary/aromatic N) is 1. The molecule has 0 bridgehead atoms. The second-order valence-electron chi connectivity index (χ2n) is 4.81. The highest BCUT2D eigenvalue weighted by molar-refractivity contribution is 9.10. The van der Waals surface area contributed by atoms with Crippen LogP contribution >= 0.6 is 15.9 Å². The summed E-state index contributed by atoms with van der Waals surface area (Å²) in [7, 11) is 0. The zero-order chi connectivity index (χ0) is 13.9. The van der Waals surface area contributed by atoms with Crippen molar-refractivity contribution in [2.24, 2.45) is 0 Å². The van der Waals surface area contributed by atoms with E-state index in [1.54, 1.807) is 6.20 Å². The van der Waals surface area contributed by atoms with Crippen molar-refractivity contribution in [3.8, 4) is 0 Å². The number of hydrogen-bond acceptors (Lipinski definition) is 3. The number of halogens is 1. The first-order valence-corrected chi connectivity index (χ1v) is 6.87. The van der Waals surface area contributed by atoms with Gasteiger partial charge in [-0.2, -0.15) is 0 Å². The van der Waals surface area contributed by atoms with E-state index in [0.717, 1.165) is 41.6 Å². The monoisotopic (exact) mass is 323 g/mol. The first kappa shape index (κ1) is 13.9. The largest absolute Gasteiger partial charge is 0.478 e. The molecule has 1 aliphatic rings. The molecule has 5 heteroatoms. The Labute approximate surface area is 119 Å². The molecule has 1 fully saturated rings. The maximum absolute atomic E-state index is 11.8. The van der Waals surface area contributed by atoms with Crippen LogP contribution in [-0.4, -0.2) is 21.8 Å². The van der Waals surface area contributed by atoms with Gasteiger partial charge in [-0.1, -0.05) is 6.42 Å². The molecule has 0 radical (unpaired) electrons. The molecular weight excluding hydrogens is 310 g/mol. The Hall–Kier alpha value is -1.49. The summed E-state index contributed by atoms with van der Waals surface area (Å²) in [5.41, 5.74) is 0.708. The summed E-state index contributed by atoms with van der Waals surface area (Å²) in [4.78, 5) is 26.6. The smallest absolute Gasteiger partial charge is 0.328 e. The maximum atomic E-state index is 11.8. The van der Waals surface area contributed by atoms with Crippen molar-refractivity contribution in [3.63, 3.8) is 0 Å². The summed E-state index contributed by atoms with van der Waals surface area (Å²) in [6, 6.07) is 3.84. The van der Waals surface area contributed by atoms with Crippen molar-refractivity contribution < 1.29 is 14.7 Å². The van der Waals surface area contributed by atoms with Gasteiger partial charge in [0, 0.05) is 34.3 Å². The Kier molecular flexibility index (Phi) is 4.14. The van der Waals surface area contributed by atoms with Gasteiger partial charge in [0.25, 0.3) is 0 Å². The molecule has 1 saturated carbocycles. The number of carboxylic acid groups (broad SMARTS) is 1. The lowest BCUT2D eigenvalue weighted by molar-refractivity contribution is -0.131. The lowest BCUT2D eigenvalue weighted by Crippen LogP contribution is -2.37. The maximum Gasteiger partial charge on any atom is 0.328 e. The van der Waals surface area contributed by atoms with E-state index in [4.69, 9.17) is 5.11 Å². The average Bonchev–Trinajstić information content (AvgIpc) is 2.32. The Morgan fingerprint density at radius 1 is 1.37 bits per heavy atom. The predicted octanol–water partition coefficient (Wildman–Crippen LogP) is 2.87. The van der Waals surface area contributed by atoms with Crippen molar-refractivity contribution >= 4 is 27.7 Å². The van der Waals surface area contributed by atoms with Crippen molar-refractivity contribution in [2.75, 3.05) is 0 Å². The highest BCUT2D eigenvalue weighted by atomic mass is 79.9. The van der Waals surface area contributed by atoms with E-state index in [1.165, 1.54) is 0 Å². The Morgan fingerprint density at radius 3 is 2.58 bits per heavy atom. The normalized spacial score (nSPS) is 17.1. The minimum Gasteiger partial charge on any atom is -0.478 e. The molecule has 1 N–H and O–H groups in total. The van der Waals surface area contributed by atoms with Crippen molar-refractivity contribution in [1.29, 1.82) is 0 Å². The second kappa shape index (κ2) is 5.65. The van der Waals surface area contributed by atoms with Crippen LogP contribution in [0.2, 0.25) is 0 Å². The number of carboxylic acids is 1. The number of aliphatic carboxylic acids is 1. The van der Waals surface area contributed by atoms with Gasteiger partial charge in [-0.05, 0) is 47.0 Å². The highest BCUT2D eigenvalue weighted by Crippen LogP contribution is 2.45. The zero-order valence-corrected chi connectivity index (χ0v) is 11.9. The van der Waals surface area contributed by atoms with E-state index in [2.05, 4.69) is 20.9 Å². The lowest BCUT2D eigenvalue weighted by Gasteiger charge is -2.40. The van der Waals surface area contributed by atoms with Gasteiger partial charge in [-0.15, -0.1) is 0 Å². The van der Waals surface area contributed by atoms with E-state index >= 15 is 0 Å². The van der Waals surface area contributed by atoms with Crippen molar-refractivity contribution in [2.45, 2.75) is 31.1 Å². The van der Waals surface area contributed by atoms with E-state index in [1.807, 2.05) is 12.1 Å². The second-order valence-corrected chi connectivity index (χ2v) is 5.73. The fourth-order valence-corrected chi connectivity index (χ4v) is 2.61. The number of carbonyl (C=O) groups is 2. The molecule has 0 aliphatic heterocycles. The first-order valence-electron chi connectivity index (χ1n) is 6.08. The molecule has 1 aromatic heterocycles. The number of hydrogen-bond donors (Lipinski definition) is 1. The van der Waals surface area contributed by atoms with Crippen LogP contribution < -0.4 is 0 Å². The molecule has 19 heavy (non-hydrogen) atoms. The number of allylic oxidation sites excluding steroid dienone is 1. The van der Waals surface area contributed by atoms with Gasteiger partial charge in [0.1, 0.15) is 0 Å². The van der Waals surface area contributed by atoms with Gasteiger partial charge in [-0.3, -0.25) is 9.78 Å². The number of carbonyl (C=O) groups excluding carboxylic acids is 1. The SMILES string of the molecule is O=C(O)/C=C/C(=O)CC1(c2ccc(Br)cn2)CCC1. The summed E-state index contributed by atoms with van der Waals surface area (Å²) in [6.45, 7) is 0. The molecule has 0 atom stereocenters. The molecule has 0 saturated heterocycles. The van der Waals surface area contributed by atoms with Crippen LogP contribution in [0.4, 0.5) is 0 Å². The van der Waals surface area contributed by atoms with E-state index < -0.39 is 5.97 Å². The van der Waals surface area contributed by atoms with Gasteiger partial charge in [0.15, 0.2) is 5.78 Å². The Morgan fingerprint density at radius 2 is 2.11 bits per heavy atom. The van der Waals surface area contributed by atoms with Crippen LogP contribution in [0, 0.1) is 0 Å². The Balaban J connectivity index is 2.13. The number of ketones is 1. The van der Waals surface area contributed by atoms with Crippen LogP contribution in [-0.2, 0) is 15.0 Å². The van der Waals surface area contributed by atoms with Crippen molar-refractivity contribution in [1.82, 2.24) is 4.98 Å². The van der Waals surface area contributed by atoms with Gasteiger partial charge >= 0.3 is 5.97 Å². The summed E-state index contributed by atoms with van der Waals surface area (Å²) >= 11 is 3.34. The Bertz CT molecular complexity index is 518. The minimum atomic E-state index is -1.10. The summed E-state index contributed by atoms with van der Waals surface area (Å²) < 4.78 is 0.905. The van der Waals surface area contributed by atoms with Crippen LogP contribution in [0.25, 0.3) is 0 Å². The van der Waals surface area contributed by atoms with E-state index in [9.17, 15) is 9.59 Å². The third-order valence-electron chi connectivity index (χ3n) is 3.51. The van der Waals surface area contributed by atoms with E-state index in [0.29, 0.717) is 6.42 Å². The number of rotatable bonds is 5. The molecule has 0 aromatic carbocycles. The number of aromatic nitrogens is 1. The standard InChI is InChI=1S/C14H14BrNO3/c15-10-2-4-12(16-9-10)14(6-1-7-14)8-11(17)3-5-13(18)19/h2-5,9H,1,6-8H2,(H,18,19)/b5-3+. The molecule has 4 nitrogen and oxygen atoms in total. The third kappa shape index (κ3) is 3.29. The molecule has 1 heterocycles. The average molecular weight is 324 g/mol. The lowest BCUT2D eigenvalue weighted by atomic mass is 9.63. The fraction of sp³-hybridized carbons (Fsp3) is 0.357. The molecule has 100 valence electrons. The van der Waals surface area contributed by atoms with Crippen LogP contribution in [0.3, 0.4) is 0 Å². The van der Waals surface area contributed by atoms with Gasteiger partial charge in [0.2, 0.25) is 0 Å². The van der Waals surface area contributed by atoms with Gasteiger partial charge in [-0.25, -0.2) is 4.79 Å². The van der Waals surface area contributed by atoms with Crippen LogP contribution in [0.15, 0.2) is 35.0 Å². The van der Waals surface area contributed by atoms with Gasteiger partial charge in [0.05, 0.1) is 0 Å². The summed E-state index contributed by atoms with van der Waals surface area (Å²) in [6.07, 6.45) is 7.01. The molecule has 0 spiro atoms. The molecular formula is C14H14BrNO3. The topological polar surface area (TPSA) is 67.3 Å². The molecule has 1 aromatic rings. The third-order valence-corrected chi connectivity index (χ3v) is 3.97. The quantitative estimate of drug-likeness (QED) is 0.846. The van der Waals surface area contributed by atoms with Crippen LogP contribution in [0.5, 0.6) is 0 Å². The predicted molar refractivity (Wildman–Crippen MR) is 73.9 cm³/mol. The molecule has 0 unspecified atom stereocenters. The van der Waals surface area contributed by atoms with Crippen molar-refractivity contribution in [3.05, 3.63) is 40.6 Å². The molecule has 0 amide bonds. The summed E-state index contributed by atoms with van der Waals surface area (Å²) in [5, 5.41) is 8.52.